The molecule has 0 spiro atoms. The monoisotopic (exact) mass is 521 g/mol. The van der Waals surface area contributed by atoms with Crippen molar-refractivity contribution in [2.24, 2.45) is 13.0 Å². The van der Waals surface area contributed by atoms with Crippen molar-refractivity contribution in [1.82, 2.24) is 20.0 Å². The highest BCUT2D eigenvalue weighted by Crippen LogP contribution is 2.33. The van der Waals surface area contributed by atoms with Crippen LogP contribution in [0, 0.1) is 5.92 Å². The quantitative estimate of drug-likeness (QED) is 0.452. The number of hydrogen-bond acceptors (Lipinski definition) is 5. The highest BCUT2D eigenvalue weighted by atomic mass is 35.5. The van der Waals surface area contributed by atoms with Crippen LogP contribution in [0.4, 0.5) is 5.69 Å². The van der Waals surface area contributed by atoms with Crippen molar-refractivity contribution in [3.8, 4) is 5.75 Å². The summed E-state index contributed by atoms with van der Waals surface area (Å²) in [5.74, 6) is 0.915. The Morgan fingerprint density at radius 1 is 1.14 bits per heavy atom. The minimum absolute atomic E-state index is 0.0128. The van der Waals surface area contributed by atoms with Crippen LogP contribution >= 0.6 is 11.6 Å². The Morgan fingerprint density at radius 2 is 1.97 bits per heavy atom. The van der Waals surface area contributed by atoms with Gasteiger partial charge in [-0.2, -0.15) is 5.10 Å². The standard InChI is InChI=1S/C29H36ClN5O2/c1-33-27-16-24(6-5-21(27)17-31-33)35-13-10-22(18-35)29(36)32-23(19-34-11-2-3-12-34)14-20-4-9-28(26(30)15-20)37-25-7-8-25/h4-6,9,15-17,22-23,25H,2-3,7-8,10-14,18-19H2,1H3,(H,32,36)/t22-,23?/m1/s1. The molecular weight excluding hydrogens is 486 g/mol. The zero-order chi connectivity index (χ0) is 25.4. The van der Waals surface area contributed by atoms with Crippen molar-refractivity contribution < 1.29 is 9.53 Å². The van der Waals surface area contributed by atoms with Crippen molar-refractivity contribution in [2.75, 3.05) is 37.6 Å². The average molecular weight is 522 g/mol. The lowest BCUT2D eigenvalue weighted by atomic mass is 10.0. The third-order valence-corrected chi connectivity index (χ3v) is 8.27. The van der Waals surface area contributed by atoms with Gasteiger partial charge in [-0.15, -0.1) is 0 Å². The Kier molecular flexibility index (Phi) is 7.00. The summed E-state index contributed by atoms with van der Waals surface area (Å²) < 4.78 is 7.81. The van der Waals surface area contributed by atoms with Crippen LogP contribution in [0.5, 0.6) is 5.75 Å². The van der Waals surface area contributed by atoms with Crippen molar-refractivity contribution in [1.29, 1.82) is 0 Å². The van der Waals surface area contributed by atoms with Crippen LogP contribution in [0.15, 0.2) is 42.6 Å². The van der Waals surface area contributed by atoms with E-state index >= 15 is 0 Å². The molecule has 2 saturated heterocycles. The summed E-state index contributed by atoms with van der Waals surface area (Å²) in [6, 6.07) is 12.6. The molecule has 3 aromatic rings. The predicted octanol–water partition coefficient (Wildman–Crippen LogP) is 4.42. The largest absolute Gasteiger partial charge is 0.489 e. The molecule has 1 aromatic heterocycles. The maximum absolute atomic E-state index is 13.5. The van der Waals surface area contributed by atoms with Gasteiger partial charge in [0.05, 0.1) is 28.8 Å². The Hall–Kier alpha value is -2.77. The number of carbonyl (C=O) groups excluding carboxylic acids is 1. The zero-order valence-corrected chi connectivity index (χ0v) is 22.3. The minimum Gasteiger partial charge on any atom is -0.489 e. The van der Waals surface area contributed by atoms with Crippen LogP contribution in [0.1, 0.15) is 37.7 Å². The second-order valence-corrected chi connectivity index (χ2v) is 11.3. The molecule has 1 aliphatic carbocycles. The molecule has 1 saturated carbocycles. The number of benzene rings is 2. The highest BCUT2D eigenvalue weighted by molar-refractivity contribution is 6.32. The molecule has 3 fully saturated rings. The predicted molar refractivity (Wildman–Crippen MR) is 147 cm³/mol. The van der Waals surface area contributed by atoms with Crippen molar-refractivity contribution in [3.63, 3.8) is 0 Å². The first-order valence-corrected chi connectivity index (χ1v) is 14.0. The number of carbonyl (C=O) groups is 1. The normalized spacial score (nSPS) is 21.0. The minimum atomic E-state index is -0.0128. The maximum atomic E-state index is 13.5. The first-order valence-electron chi connectivity index (χ1n) is 13.7. The molecule has 6 rings (SSSR count). The molecule has 0 radical (unpaired) electrons. The van der Waals surface area contributed by atoms with E-state index in [1.165, 1.54) is 12.8 Å². The molecule has 1 N–H and O–H groups in total. The van der Waals surface area contributed by atoms with Gasteiger partial charge in [0.2, 0.25) is 5.91 Å². The number of amides is 1. The summed E-state index contributed by atoms with van der Waals surface area (Å²) in [5, 5.41) is 9.57. The smallest absolute Gasteiger partial charge is 0.225 e. The number of halogens is 1. The van der Waals surface area contributed by atoms with Crippen LogP contribution in [0.25, 0.3) is 10.9 Å². The van der Waals surface area contributed by atoms with Gasteiger partial charge in [-0.3, -0.25) is 9.48 Å². The molecule has 8 heteroatoms. The second-order valence-electron chi connectivity index (χ2n) is 10.9. The number of hydrogen-bond donors (Lipinski definition) is 1. The van der Waals surface area contributed by atoms with E-state index in [9.17, 15) is 4.79 Å². The van der Waals surface area contributed by atoms with E-state index in [1.807, 2.05) is 30.1 Å². The maximum Gasteiger partial charge on any atom is 0.225 e. The number of nitrogens with zero attached hydrogens (tertiary/aromatic N) is 4. The van der Waals surface area contributed by atoms with Gasteiger partial charge in [-0.25, -0.2) is 0 Å². The van der Waals surface area contributed by atoms with E-state index in [0.29, 0.717) is 11.1 Å². The van der Waals surface area contributed by atoms with Crippen molar-refractivity contribution in [2.45, 2.75) is 50.7 Å². The van der Waals surface area contributed by atoms with Crippen LogP contribution < -0.4 is 15.0 Å². The first-order chi connectivity index (χ1) is 18.0. The summed E-state index contributed by atoms with van der Waals surface area (Å²) in [6.45, 7) is 4.71. The molecule has 37 heavy (non-hydrogen) atoms. The van der Waals surface area contributed by atoms with E-state index in [-0.39, 0.29) is 17.9 Å². The van der Waals surface area contributed by atoms with Gasteiger partial charge >= 0.3 is 0 Å². The Balaban J connectivity index is 1.11. The van der Waals surface area contributed by atoms with Gasteiger partial charge in [-0.1, -0.05) is 17.7 Å². The fourth-order valence-electron chi connectivity index (χ4n) is 5.71. The highest BCUT2D eigenvalue weighted by Gasteiger charge is 2.31. The Morgan fingerprint density at radius 3 is 2.76 bits per heavy atom. The zero-order valence-electron chi connectivity index (χ0n) is 21.5. The third kappa shape index (κ3) is 5.73. The van der Waals surface area contributed by atoms with Gasteiger partial charge in [-0.05, 0) is 87.5 Å². The lowest BCUT2D eigenvalue weighted by Gasteiger charge is -2.26. The fourth-order valence-corrected chi connectivity index (χ4v) is 5.96. The van der Waals surface area contributed by atoms with Crippen molar-refractivity contribution in [3.05, 3.63) is 53.2 Å². The van der Waals surface area contributed by atoms with Gasteiger partial charge in [0.25, 0.3) is 0 Å². The molecule has 0 bridgehead atoms. The SMILES string of the molecule is Cn1ncc2ccc(N3CC[C@@H](C(=O)NC(Cc4ccc(OC5CC5)c(Cl)c4)CN4CCCC4)C3)cc21. The Labute approximate surface area is 223 Å². The number of anilines is 1. The molecule has 3 heterocycles. The first kappa shape index (κ1) is 24.6. The van der Waals surface area contributed by atoms with E-state index in [1.54, 1.807) is 0 Å². The molecule has 2 atom stereocenters. The molecule has 7 nitrogen and oxygen atoms in total. The van der Waals surface area contributed by atoms with Crippen LogP contribution in [0.2, 0.25) is 5.02 Å². The lowest BCUT2D eigenvalue weighted by Crippen LogP contribution is -2.46. The van der Waals surface area contributed by atoms with Crippen molar-refractivity contribution >= 4 is 34.1 Å². The number of fused-ring (bicyclic) bond motifs is 1. The van der Waals surface area contributed by atoms with Gasteiger partial charge in [0.15, 0.2) is 0 Å². The second kappa shape index (κ2) is 10.5. The number of likely N-dealkylation sites (tertiary alicyclic amines) is 1. The fraction of sp³-hybridized carbons (Fsp3) is 0.517. The molecule has 196 valence electrons. The van der Waals surface area contributed by atoms with Gasteiger partial charge in [0, 0.05) is 43.8 Å². The third-order valence-electron chi connectivity index (χ3n) is 7.98. The Bertz CT molecular complexity index is 1270. The lowest BCUT2D eigenvalue weighted by molar-refractivity contribution is -0.125. The average Bonchev–Trinajstić information content (AvgIpc) is 3.25. The molecule has 1 amide bonds. The van der Waals surface area contributed by atoms with Crippen LogP contribution in [0.3, 0.4) is 0 Å². The molecule has 3 aliphatic rings. The van der Waals surface area contributed by atoms with E-state index < -0.39 is 0 Å². The summed E-state index contributed by atoms with van der Waals surface area (Å²) in [5.41, 5.74) is 3.40. The summed E-state index contributed by atoms with van der Waals surface area (Å²) in [6.07, 6.45) is 8.53. The van der Waals surface area contributed by atoms with E-state index in [4.69, 9.17) is 16.3 Å². The van der Waals surface area contributed by atoms with Crippen LogP contribution in [-0.4, -0.2) is 65.5 Å². The number of rotatable bonds is 9. The van der Waals surface area contributed by atoms with Gasteiger partial charge < -0.3 is 19.9 Å². The molecule has 2 aliphatic heterocycles. The number of ether oxygens (including phenoxy) is 1. The number of aromatic nitrogens is 2. The van der Waals surface area contributed by atoms with E-state index in [0.717, 1.165) is 86.3 Å². The van der Waals surface area contributed by atoms with Crippen LogP contribution in [-0.2, 0) is 18.3 Å². The number of nitrogens with one attached hydrogen (secondary N) is 1. The molecule has 2 aromatic carbocycles. The van der Waals surface area contributed by atoms with E-state index in [2.05, 4.69) is 44.5 Å². The molecular formula is C29H36ClN5O2. The van der Waals surface area contributed by atoms with Gasteiger partial charge in [0.1, 0.15) is 5.75 Å². The topological polar surface area (TPSA) is 62.6 Å². The summed E-state index contributed by atoms with van der Waals surface area (Å²) in [4.78, 5) is 18.3. The summed E-state index contributed by atoms with van der Waals surface area (Å²) >= 11 is 6.54. The number of aryl methyl sites for hydroxylation is 1. The summed E-state index contributed by atoms with van der Waals surface area (Å²) in [7, 11) is 1.97. The molecule has 1 unspecified atom stereocenters.